The lowest BCUT2D eigenvalue weighted by atomic mass is 9.97. The van der Waals surface area contributed by atoms with Crippen LogP contribution >= 0.6 is 0 Å². The first-order valence-corrected chi connectivity index (χ1v) is 10.3. The van der Waals surface area contributed by atoms with Crippen molar-refractivity contribution in [1.82, 2.24) is 10.3 Å². The summed E-state index contributed by atoms with van der Waals surface area (Å²) in [7, 11) is 1.65. The van der Waals surface area contributed by atoms with E-state index in [4.69, 9.17) is 9.72 Å². The average Bonchev–Trinajstić information content (AvgIpc) is 2.72. The van der Waals surface area contributed by atoms with E-state index in [2.05, 4.69) is 45.1 Å². The number of benzene rings is 2. The molecule has 3 rings (SSSR count). The van der Waals surface area contributed by atoms with E-state index in [1.165, 1.54) is 5.56 Å². The van der Waals surface area contributed by atoms with Gasteiger partial charge in [-0.2, -0.15) is 0 Å². The van der Waals surface area contributed by atoms with Crippen molar-refractivity contribution in [3.63, 3.8) is 0 Å². The lowest BCUT2D eigenvalue weighted by Crippen LogP contribution is -2.25. The van der Waals surface area contributed by atoms with Gasteiger partial charge in [-0.15, -0.1) is 0 Å². The third-order valence-corrected chi connectivity index (χ3v) is 5.14. The van der Waals surface area contributed by atoms with E-state index in [-0.39, 0.29) is 5.91 Å². The van der Waals surface area contributed by atoms with Crippen molar-refractivity contribution in [2.45, 2.75) is 40.0 Å². The molecule has 1 amide bonds. The average molecular weight is 391 g/mol. The molecule has 1 heterocycles. The van der Waals surface area contributed by atoms with Gasteiger partial charge in [0.25, 0.3) is 5.91 Å². The summed E-state index contributed by atoms with van der Waals surface area (Å²) >= 11 is 0. The van der Waals surface area contributed by atoms with Gasteiger partial charge in [0, 0.05) is 17.5 Å². The summed E-state index contributed by atoms with van der Waals surface area (Å²) in [6.45, 7) is 9.29. The fraction of sp³-hybridized carbons (Fsp3) is 0.360. The molecule has 1 N–H and O–H groups in total. The smallest absolute Gasteiger partial charge is 0.252 e. The second kappa shape index (κ2) is 9.08. The van der Waals surface area contributed by atoms with Crippen LogP contribution in [0.2, 0.25) is 0 Å². The van der Waals surface area contributed by atoms with Crippen LogP contribution in [0.1, 0.15) is 56.0 Å². The van der Waals surface area contributed by atoms with Crippen molar-refractivity contribution >= 4 is 16.8 Å². The highest BCUT2D eigenvalue weighted by molar-refractivity contribution is 6.07. The molecule has 0 fully saturated rings. The zero-order chi connectivity index (χ0) is 21.0. The van der Waals surface area contributed by atoms with Gasteiger partial charge in [-0.1, -0.05) is 33.8 Å². The predicted octanol–water partition coefficient (Wildman–Crippen LogP) is 5.81. The summed E-state index contributed by atoms with van der Waals surface area (Å²) in [6, 6.07) is 15.9. The van der Waals surface area contributed by atoms with Crippen molar-refractivity contribution < 1.29 is 9.53 Å². The van der Waals surface area contributed by atoms with E-state index in [0.717, 1.165) is 34.3 Å². The molecule has 0 saturated carbocycles. The summed E-state index contributed by atoms with van der Waals surface area (Å²) in [4.78, 5) is 17.9. The summed E-state index contributed by atoms with van der Waals surface area (Å²) in [5.74, 6) is 1.68. The van der Waals surface area contributed by atoms with Crippen LogP contribution in [0.4, 0.5) is 0 Å². The summed E-state index contributed by atoms with van der Waals surface area (Å²) < 4.78 is 5.25. The number of methoxy groups -OCH3 is 1. The number of nitrogens with zero attached hydrogens (tertiary/aromatic N) is 1. The molecule has 0 atom stereocenters. The van der Waals surface area contributed by atoms with Crippen molar-refractivity contribution in [2.75, 3.05) is 13.7 Å². The van der Waals surface area contributed by atoms with Crippen LogP contribution in [0.15, 0.2) is 48.5 Å². The fourth-order valence-electron chi connectivity index (χ4n) is 3.27. The molecule has 4 nitrogen and oxygen atoms in total. The van der Waals surface area contributed by atoms with E-state index in [0.29, 0.717) is 23.9 Å². The maximum Gasteiger partial charge on any atom is 0.252 e. The number of aromatic nitrogens is 1. The molecular weight excluding hydrogens is 360 g/mol. The Morgan fingerprint density at radius 3 is 2.38 bits per heavy atom. The Balaban J connectivity index is 2.07. The van der Waals surface area contributed by atoms with Gasteiger partial charge in [-0.3, -0.25) is 4.79 Å². The fourth-order valence-corrected chi connectivity index (χ4v) is 3.27. The molecule has 152 valence electrons. The van der Waals surface area contributed by atoms with E-state index in [1.807, 2.05) is 36.4 Å². The first-order valence-electron chi connectivity index (χ1n) is 10.3. The molecule has 0 radical (unpaired) electrons. The summed E-state index contributed by atoms with van der Waals surface area (Å²) in [5, 5.41) is 3.98. The molecule has 0 saturated heterocycles. The molecule has 0 bridgehead atoms. The number of carbonyl (C=O) groups is 1. The van der Waals surface area contributed by atoms with Crippen molar-refractivity contribution in [1.29, 1.82) is 0 Å². The van der Waals surface area contributed by atoms with Crippen LogP contribution in [-0.2, 0) is 0 Å². The van der Waals surface area contributed by atoms with Gasteiger partial charge in [0.2, 0.25) is 0 Å². The highest BCUT2D eigenvalue weighted by atomic mass is 16.5. The van der Waals surface area contributed by atoms with Crippen LogP contribution in [0, 0.1) is 5.92 Å². The molecule has 2 aromatic carbocycles. The van der Waals surface area contributed by atoms with Gasteiger partial charge < -0.3 is 10.1 Å². The van der Waals surface area contributed by atoms with Crippen molar-refractivity contribution in [3.8, 4) is 17.0 Å². The van der Waals surface area contributed by atoms with Gasteiger partial charge >= 0.3 is 0 Å². The van der Waals surface area contributed by atoms with Crippen molar-refractivity contribution in [2.24, 2.45) is 5.92 Å². The monoisotopic (exact) mass is 390 g/mol. The largest absolute Gasteiger partial charge is 0.497 e. The molecule has 29 heavy (non-hydrogen) atoms. The number of pyridine rings is 1. The molecule has 3 aromatic rings. The number of hydrogen-bond acceptors (Lipinski definition) is 3. The zero-order valence-electron chi connectivity index (χ0n) is 18.0. The Bertz CT molecular complexity index is 992. The summed E-state index contributed by atoms with van der Waals surface area (Å²) in [5.41, 5.74) is 4.44. The Kier molecular flexibility index (Phi) is 6.53. The number of nitrogens with one attached hydrogen (secondary N) is 1. The van der Waals surface area contributed by atoms with Gasteiger partial charge in [0.05, 0.1) is 23.9 Å². The van der Waals surface area contributed by atoms with Crippen LogP contribution in [0.5, 0.6) is 5.75 Å². The van der Waals surface area contributed by atoms with Crippen LogP contribution < -0.4 is 10.1 Å². The SMILES string of the molecule is COc1ccc(-c2cc(C(=O)NCCC(C)C)c3cc(C(C)C)ccc3n2)cc1. The van der Waals surface area contributed by atoms with E-state index in [1.54, 1.807) is 7.11 Å². The second-order valence-corrected chi connectivity index (χ2v) is 8.15. The first-order chi connectivity index (χ1) is 13.9. The molecule has 0 aliphatic rings. The normalized spacial score (nSPS) is 11.3. The predicted molar refractivity (Wildman–Crippen MR) is 120 cm³/mol. The van der Waals surface area contributed by atoms with Gasteiger partial charge in [-0.05, 0) is 66.3 Å². The number of amides is 1. The Labute approximate surface area is 173 Å². The van der Waals surface area contributed by atoms with Crippen LogP contribution in [0.3, 0.4) is 0 Å². The third-order valence-electron chi connectivity index (χ3n) is 5.14. The molecule has 1 aromatic heterocycles. The lowest BCUT2D eigenvalue weighted by Gasteiger charge is -2.14. The number of hydrogen-bond donors (Lipinski definition) is 1. The Hall–Kier alpha value is -2.88. The highest BCUT2D eigenvalue weighted by Gasteiger charge is 2.15. The van der Waals surface area contributed by atoms with Gasteiger partial charge in [0.15, 0.2) is 0 Å². The Morgan fingerprint density at radius 2 is 1.76 bits per heavy atom. The standard InChI is InChI=1S/C25H30N2O2/c1-16(2)12-13-26-25(28)22-15-24(18-6-9-20(29-5)10-7-18)27-23-11-8-19(17(3)4)14-21(22)23/h6-11,14-17H,12-13H2,1-5H3,(H,26,28). The van der Waals surface area contributed by atoms with Gasteiger partial charge in [-0.25, -0.2) is 4.98 Å². The highest BCUT2D eigenvalue weighted by Crippen LogP contribution is 2.28. The van der Waals surface area contributed by atoms with E-state index < -0.39 is 0 Å². The molecular formula is C25H30N2O2. The minimum atomic E-state index is -0.0475. The quantitative estimate of drug-likeness (QED) is 0.554. The second-order valence-electron chi connectivity index (χ2n) is 8.15. The first kappa shape index (κ1) is 20.8. The molecule has 0 aliphatic carbocycles. The number of fused-ring (bicyclic) bond motifs is 1. The summed E-state index contributed by atoms with van der Waals surface area (Å²) in [6.07, 6.45) is 0.956. The van der Waals surface area contributed by atoms with Crippen LogP contribution in [-0.4, -0.2) is 24.5 Å². The number of carbonyl (C=O) groups excluding carboxylic acids is 1. The van der Waals surface area contributed by atoms with E-state index in [9.17, 15) is 4.79 Å². The van der Waals surface area contributed by atoms with Crippen molar-refractivity contribution in [3.05, 3.63) is 59.7 Å². The lowest BCUT2D eigenvalue weighted by molar-refractivity contribution is 0.0953. The maximum absolute atomic E-state index is 13.0. The number of ether oxygens (including phenoxy) is 1. The zero-order valence-corrected chi connectivity index (χ0v) is 18.0. The third kappa shape index (κ3) is 4.94. The maximum atomic E-state index is 13.0. The van der Waals surface area contributed by atoms with Gasteiger partial charge in [0.1, 0.15) is 5.75 Å². The molecule has 4 heteroatoms. The molecule has 0 spiro atoms. The molecule has 0 unspecified atom stereocenters. The van der Waals surface area contributed by atoms with Crippen LogP contribution in [0.25, 0.3) is 22.2 Å². The minimum absolute atomic E-state index is 0.0475. The number of rotatable bonds is 7. The molecule has 0 aliphatic heterocycles. The Morgan fingerprint density at radius 1 is 1.03 bits per heavy atom. The minimum Gasteiger partial charge on any atom is -0.497 e. The van der Waals surface area contributed by atoms with E-state index >= 15 is 0 Å². The topological polar surface area (TPSA) is 51.2 Å².